The van der Waals surface area contributed by atoms with Gasteiger partial charge in [0.05, 0.1) is 12.5 Å². The summed E-state index contributed by atoms with van der Waals surface area (Å²) in [5.74, 6) is -0.792. The van der Waals surface area contributed by atoms with E-state index in [2.05, 4.69) is 0 Å². The minimum absolute atomic E-state index is 0.394. The van der Waals surface area contributed by atoms with Crippen molar-refractivity contribution >= 4 is 17.6 Å². The fourth-order valence-electron chi connectivity index (χ4n) is 2.24. The summed E-state index contributed by atoms with van der Waals surface area (Å²) >= 11 is 5.95. The number of carboxylic acids is 1. The molecule has 0 aliphatic heterocycles. The maximum atomic E-state index is 11.6. The first-order valence-corrected chi connectivity index (χ1v) is 7.18. The summed E-state index contributed by atoms with van der Waals surface area (Å²) in [7, 11) is 0. The Labute approximate surface area is 129 Å². The minimum Gasteiger partial charge on any atom is -0.494 e. The molecular formula is C17H17ClO3. The molecule has 0 aliphatic rings. The molecule has 2 aromatic rings. The standard InChI is InChI=1S/C17H17ClO3/c1-2-21-15-8-4-6-13(11-15)16(17(19)20)10-12-5-3-7-14(18)9-12/h3-9,11,16H,2,10H2,1H3,(H,19,20). The van der Waals surface area contributed by atoms with E-state index in [1.54, 1.807) is 18.2 Å². The Morgan fingerprint density at radius 2 is 2.00 bits per heavy atom. The van der Waals surface area contributed by atoms with Crippen LogP contribution in [0.3, 0.4) is 0 Å². The lowest BCUT2D eigenvalue weighted by molar-refractivity contribution is -0.138. The molecule has 21 heavy (non-hydrogen) atoms. The molecule has 110 valence electrons. The number of carbonyl (C=O) groups is 1. The van der Waals surface area contributed by atoms with Gasteiger partial charge in [0, 0.05) is 5.02 Å². The zero-order valence-corrected chi connectivity index (χ0v) is 12.5. The fraction of sp³-hybridized carbons (Fsp3) is 0.235. The van der Waals surface area contributed by atoms with Gasteiger partial charge in [0.25, 0.3) is 0 Å². The van der Waals surface area contributed by atoms with Crippen LogP contribution >= 0.6 is 11.6 Å². The van der Waals surface area contributed by atoms with Crippen molar-refractivity contribution in [2.45, 2.75) is 19.3 Å². The fourth-order valence-corrected chi connectivity index (χ4v) is 2.45. The molecule has 0 saturated heterocycles. The number of carboxylic acid groups (broad SMARTS) is 1. The third-order valence-corrected chi connectivity index (χ3v) is 3.43. The van der Waals surface area contributed by atoms with Crippen LogP contribution in [0.2, 0.25) is 5.02 Å². The van der Waals surface area contributed by atoms with Crippen molar-refractivity contribution in [2.75, 3.05) is 6.61 Å². The smallest absolute Gasteiger partial charge is 0.311 e. The second kappa shape index (κ2) is 7.14. The molecule has 0 saturated carbocycles. The van der Waals surface area contributed by atoms with Gasteiger partial charge in [-0.2, -0.15) is 0 Å². The van der Waals surface area contributed by atoms with Crippen LogP contribution in [0.4, 0.5) is 0 Å². The number of halogens is 1. The lowest BCUT2D eigenvalue weighted by atomic mass is 9.92. The number of aliphatic carboxylic acids is 1. The first-order valence-electron chi connectivity index (χ1n) is 6.80. The van der Waals surface area contributed by atoms with Gasteiger partial charge in [-0.1, -0.05) is 35.9 Å². The summed E-state index contributed by atoms with van der Waals surface area (Å²) < 4.78 is 5.43. The van der Waals surface area contributed by atoms with Crippen molar-refractivity contribution in [1.29, 1.82) is 0 Å². The van der Waals surface area contributed by atoms with Crippen LogP contribution in [0.25, 0.3) is 0 Å². The molecule has 0 aromatic heterocycles. The van der Waals surface area contributed by atoms with Gasteiger partial charge in [0.15, 0.2) is 0 Å². The highest BCUT2D eigenvalue weighted by Crippen LogP contribution is 2.26. The summed E-state index contributed by atoms with van der Waals surface area (Å²) in [6.45, 7) is 2.45. The highest BCUT2D eigenvalue weighted by molar-refractivity contribution is 6.30. The number of hydrogen-bond acceptors (Lipinski definition) is 2. The van der Waals surface area contributed by atoms with Crippen LogP contribution in [0, 0.1) is 0 Å². The molecule has 2 aromatic carbocycles. The Morgan fingerprint density at radius 1 is 1.24 bits per heavy atom. The second-order valence-electron chi connectivity index (χ2n) is 4.73. The van der Waals surface area contributed by atoms with Gasteiger partial charge < -0.3 is 9.84 Å². The zero-order chi connectivity index (χ0) is 15.2. The van der Waals surface area contributed by atoms with Gasteiger partial charge in [0.2, 0.25) is 0 Å². The third kappa shape index (κ3) is 4.23. The van der Waals surface area contributed by atoms with Crippen LogP contribution in [0.5, 0.6) is 5.75 Å². The third-order valence-electron chi connectivity index (χ3n) is 3.20. The SMILES string of the molecule is CCOc1cccc(C(Cc2cccc(Cl)c2)C(=O)O)c1. The molecule has 0 radical (unpaired) electrons. The van der Waals surface area contributed by atoms with Crippen LogP contribution < -0.4 is 4.74 Å². The van der Waals surface area contributed by atoms with Crippen molar-refractivity contribution in [2.24, 2.45) is 0 Å². The number of rotatable bonds is 6. The van der Waals surface area contributed by atoms with E-state index in [1.165, 1.54) is 0 Å². The summed E-state index contributed by atoms with van der Waals surface area (Å²) in [5, 5.41) is 10.1. The average molecular weight is 305 g/mol. The van der Waals surface area contributed by atoms with Crippen molar-refractivity contribution in [3.8, 4) is 5.75 Å². The van der Waals surface area contributed by atoms with Crippen LogP contribution in [-0.2, 0) is 11.2 Å². The molecule has 3 nitrogen and oxygen atoms in total. The van der Waals surface area contributed by atoms with Crippen molar-refractivity contribution in [1.82, 2.24) is 0 Å². The molecule has 0 fully saturated rings. The van der Waals surface area contributed by atoms with Crippen LogP contribution in [0.1, 0.15) is 24.0 Å². The molecule has 0 bridgehead atoms. The molecule has 2 rings (SSSR count). The quantitative estimate of drug-likeness (QED) is 0.872. The maximum absolute atomic E-state index is 11.6. The zero-order valence-electron chi connectivity index (χ0n) is 11.8. The van der Waals surface area contributed by atoms with Gasteiger partial charge in [-0.05, 0) is 48.7 Å². The van der Waals surface area contributed by atoms with E-state index < -0.39 is 11.9 Å². The normalized spacial score (nSPS) is 11.9. The molecule has 0 amide bonds. The highest BCUT2D eigenvalue weighted by Gasteiger charge is 2.21. The largest absolute Gasteiger partial charge is 0.494 e. The van der Waals surface area contributed by atoms with Gasteiger partial charge in [-0.3, -0.25) is 4.79 Å². The lowest BCUT2D eigenvalue weighted by Gasteiger charge is -2.14. The Hall–Kier alpha value is -2.00. The molecule has 0 aliphatic carbocycles. The Bertz CT molecular complexity index is 625. The molecule has 1 atom stereocenters. The van der Waals surface area contributed by atoms with E-state index in [9.17, 15) is 9.90 Å². The Balaban J connectivity index is 2.26. The van der Waals surface area contributed by atoms with Crippen LogP contribution in [-0.4, -0.2) is 17.7 Å². The van der Waals surface area contributed by atoms with Gasteiger partial charge in [-0.25, -0.2) is 0 Å². The lowest BCUT2D eigenvalue weighted by Crippen LogP contribution is -2.14. The summed E-state index contributed by atoms with van der Waals surface area (Å²) in [5.41, 5.74) is 1.63. The predicted molar refractivity (Wildman–Crippen MR) is 83.1 cm³/mol. The van der Waals surface area contributed by atoms with E-state index in [0.717, 1.165) is 11.1 Å². The first-order chi connectivity index (χ1) is 10.1. The van der Waals surface area contributed by atoms with E-state index in [1.807, 2.05) is 37.3 Å². The Kier molecular flexibility index (Phi) is 5.23. The maximum Gasteiger partial charge on any atom is 0.311 e. The number of ether oxygens (including phenoxy) is 1. The highest BCUT2D eigenvalue weighted by atomic mass is 35.5. The van der Waals surface area contributed by atoms with Gasteiger partial charge >= 0.3 is 5.97 Å². The van der Waals surface area contributed by atoms with Crippen LogP contribution in [0.15, 0.2) is 48.5 Å². The second-order valence-corrected chi connectivity index (χ2v) is 5.17. The van der Waals surface area contributed by atoms with Crippen molar-refractivity contribution in [3.05, 3.63) is 64.7 Å². The van der Waals surface area contributed by atoms with Gasteiger partial charge in [0.1, 0.15) is 5.75 Å². The first kappa shape index (κ1) is 15.4. The molecule has 1 unspecified atom stereocenters. The summed E-state index contributed by atoms with van der Waals surface area (Å²) in [6.07, 6.45) is 0.394. The minimum atomic E-state index is -0.858. The average Bonchev–Trinajstić information content (AvgIpc) is 2.45. The topological polar surface area (TPSA) is 46.5 Å². The van der Waals surface area contributed by atoms with E-state index in [0.29, 0.717) is 23.8 Å². The van der Waals surface area contributed by atoms with Crippen molar-refractivity contribution in [3.63, 3.8) is 0 Å². The number of hydrogen-bond donors (Lipinski definition) is 1. The monoisotopic (exact) mass is 304 g/mol. The molecule has 0 heterocycles. The van der Waals surface area contributed by atoms with Gasteiger partial charge in [-0.15, -0.1) is 0 Å². The molecule has 1 N–H and O–H groups in total. The Morgan fingerprint density at radius 3 is 2.67 bits per heavy atom. The van der Waals surface area contributed by atoms with E-state index >= 15 is 0 Å². The molecule has 0 spiro atoms. The molecular weight excluding hydrogens is 288 g/mol. The van der Waals surface area contributed by atoms with Crippen molar-refractivity contribution < 1.29 is 14.6 Å². The predicted octanol–water partition coefficient (Wildman–Crippen LogP) is 4.15. The summed E-state index contributed by atoms with van der Waals surface area (Å²) in [4.78, 5) is 11.6. The van der Waals surface area contributed by atoms with E-state index in [4.69, 9.17) is 16.3 Å². The summed E-state index contributed by atoms with van der Waals surface area (Å²) in [6, 6.07) is 14.5. The number of benzene rings is 2. The molecule has 4 heteroatoms. The van der Waals surface area contributed by atoms with E-state index in [-0.39, 0.29) is 0 Å².